The summed E-state index contributed by atoms with van der Waals surface area (Å²) in [7, 11) is 0. The van der Waals surface area contributed by atoms with Gasteiger partial charge >= 0.3 is 288 Å². The maximum absolute atomic E-state index is 2.63. The number of hydrogen-bond acceptors (Lipinski definition) is 0. The molecule has 0 atom stereocenters. The summed E-state index contributed by atoms with van der Waals surface area (Å²) < 4.78 is 3.00. The van der Waals surface area contributed by atoms with Crippen LogP contribution in [-0.2, 0) is 44.9 Å². The van der Waals surface area contributed by atoms with Crippen LogP contribution in [0.3, 0.4) is 0 Å². The molecule has 0 saturated heterocycles. The van der Waals surface area contributed by atoms with E-state index in [1.807, 2.05) is 3.21 Å². The first-order chi connectivity index (χ1) is 21.9. The first kappa shape index (κ1) is 33.0. The molecule has 236 valence electrons. The zero-order chi connectivity index (χ0) is 32.6. The van der Waals surface area contributed by atoms with Gasteiger partial charge in [-0.1, -0.05) is 0 Å². The van der Waals surface area contributed by atoms with Crippen LogP contribution in [0.25, 0.3) is 11.1 Å². The molecule has 0 amide bonds. The van der Waals surface area contributed by atoms with Gasteiger partial charge in [0.15, 0.2) is 0 Å². The predicted molar refractivity (Wildman–Crippen MR) is 197 cm³/mol. The van der Waals surface area contributed by atoms with Gasteiger partial charge in [0, 0.05) is 0 Å². The van der Waals surface area contributed by atoms with Crippen LogP contribution in [-0.4, -0.2) is 3.21 Å². The van der Waals surface area contributed by atoms with Gasteiger partial charge in [-0.15, -0.1) is 0 Å². The van der Waals surface area contributed by atoms with E-state index in [2.05, 4.69) is 165 Å². The third-order valence-corrected chi connectivity index (χ3v) is 19.3. The molecule has 6 rings (SSSR count). The molecule has 0 fully saturated rings. The van der Waals surface area contributed by atoms with E-state index in [9.17, 15) is 0 Å². The van der Waals surface area contributed by atoms with Crippen LogP contribution in [0.4, 0.5) is 0 Å². The molecule has 4 aromatic carbocycles. The standard InChI is InChI=1S/C23H29.C17H18.C5H5.Zr/c1-14-9-16-11-17-10-15(2)21(23(6,7)8)13-19(17)18(16)12-20(14)22(3,4)5;1-4-10-16(11-5-1)14-8-3-9-15-17-12-6-2-7-13-17;1-2-4-5-3-1;/h9-13H,1-8H3;1-2,4-7,10-13H,8-9,14-15H2;1-5H;. The van der Waals surface area contributed by atoms with Crippen molar-refractivity contribution in [3.8, 4) is 11.1 Å². The molecule has 0 heterocycles. The first-order valence-corrected chi connectivity index (χ1v) is 21.4. The van der Waals surface area contributed by atoms with Crippen LogP contribution in [0.1, 0.15) is 103 Å². The summed E-state index contributed by atoms with van der Waals surface area (Å²) in [6, 6.07) is 32.8. The van der Waals surface area contributed by atoms with Crippen molar-refractivity contribution in [2.24, 2.45) is 0 Å². The molecule has 0 aliphatic heterocycles. The molecule has 0 radical (unpaired) electrons. The molecule has 0 saturated carbocycles. The molecule has 46 heavy (non-hydrogen) atoms. The Hall–Kier alpha value is -2.89. The van der Waals surface area contributed by atoms with Gasteiger partial charge in [-0.2, -0.15) is 0 Å². The summed E-state index contributed by atoms with van der Waals surface area (Å²) in [5.41, 5.74) is 15.3. The molecule has 0 nitrogen and oxygen atoms in total. The number of rotatable bonds is 8. The van der Waals surface area contributed by atoms with Gasteiger partial charge < -0.3 is 0 Å². The Morgan fingerprint density at radius 1 is 0.587 bits per heavy atom. The van der Waals surface area contributed by atoms with Crippen LogP contribution in [0.5, 0.6) is 0 Å². The quantitative estimate of drug-likeness (QED) is 0.173. The van der Waals surface area contributed by atoms with Crippen molar-refractivity contribution in [2.75, 3.05) is 0 Å². The van der Waals surface area contributed by atoms with Crippen molar-refractivity contribution < 1.29 is 21.3 Å². The summed E-state index contributed by atoms with van der Waals surface area (Å²) >= 11 is -2.46. The molecule has 1 heteroatoms. The Morgan fingerprint density at radius 3 is 1.39 bits per heavy atom. The molecule has 2 aliphatic carbocycles. The second-order valence-electron chi connectivity index (χ2n) is 15.8. The number of hydrogen-bond donors (Lipinski definition) is 0. The van der Waals surface area contributed by atoms with Crippen LogP contribution < -0.4 is 0 Å². The zero-order valence-corrected chi connectivity index (χ0v) is 31.8. The second kappa shape index (κ2) is 13.3. The third kappa shape index (κ3) is 6.87. The minimum atomic E-state index is -2.46. The van der Waals surface area contributed by atoms with Gasteiger partial charge in [-0.05, 0) is 0 Å². The molecule has 4 aromatic rings. The van der Waals surface area contributed by atoms with Crippen molar-refractivity contribution in [3.05, 3.63) is 154 Å². The number of fused-ring (bicyclic) bond motifs is 3. The predicted octanol–water partition coefficient (Wildman–Crippen LogP) is 11.9. The van der Waals surface area contributed by atoms with E-state index in [1.54, 1.807) is 11.1 Å². The Labute approximate surface area is 286 Å². The van der Waals surface area contributed by atoms with Crippen LogP contribution >= 0.6 is 0 Å². The Balaban J connectivity index is 1.60. The summed E-state index contributed by atoms with van der Waals surface area (Å²) in [6.45, 7) is 19.0. The molecule has 0 bridgehead atoms. The van der Waals surface area contributed by atoms with E-state index in [0.29, 0.717) is 7.25 Å². The number of aryl methyl sites for hydroxylation is 4. The normalized spacial score (nSPS) is 14.5. The van der Waals surface area contributed by atoms with E-state index < -0.39 is 21.3 Å². The average molecular weight is 684 g/mol. The van der Waals surface area contributed by atoms with Crippen LogP contribution in [0.15, 0.2) is 109 Å². The first-order valence-electron chi connectivity index (χ1n) is 17.4. The average Bonchev–Trinajstić information content (AvgIpc) is 3.64. The summed E-state index contributed by atoms with van der Waals surface area (Å²) in [5, 5.41) is 0. The summed E-state index contributed by atoms with van der Waals surface area (Å²) in [4.78, 5) is 0. The van der Waals surface area contributed by atoms with Crippen molar-refractivity contribution in [1.82, 2.24) is 0 Å². The van der Waals surface area contributed by atoms with E-state index in [0.717, 1.165) is 12.8 Å². The summed E-state index contributed by atoms with van der Waals surface area (Å²) in [6.07, 6.45) is 14.4. The zero-order valence-electron chi connectivity index (χ0n) is 29.4. The number of allylic oxidation sites excluding steroid dienone is 4. The number of benzene rings is 4. The Kier molecular flexibility index (Phi) is 9.56. The molecular weight excluding hydrogens is 632 g/mol. The van der Waals surface area contributed by atoms with Crippen LogP contribution in [0, 0.1) is 13.8 Å². The van der Waals surface area contributed by atoms with Gasteiger partial charge in [-0.3, -0.25) is 0 Å². The van der Waals surface area contributed by atoms with Crippen molar-refractivity contribution >= 4 is 3.21 Å². The topological polar surface area (TPSA) is 0 Å². The Morgan fingerprint density at radius 2 is 1.00 bits per heavy atom. The maximum atomic E-state index is 2.63. The molecule has 0 unspecified atom stereocenters. The van der Waals surface area contributed by atoms with Gasteiger partial charge in [0.1, 0.15) is 0 Å². The fourth-order valence-corrected chi connectivity index (χ4v) is 17.6. The van der Waals surface area contributed by atoms with E-state index in [1.165, 1.54) is 57.3 Å². The third-order valence-electron chi connectivity index (χ3n) is 10.3. The Bertz CT molecular complexity index is 1680. The summed E-state index contributed by atoms with van der Waals surface area (Å²) in [5.74, 6) is 0. The molecule has 0 aromatic heterocycles. The fourth-order valence-electron chi connectivity index (χ4n) is 8.09. The van der Waals surface area contributed by atoms with Gasteiger partial charge in [-0.25, -0.2) is 0 Å². The van der Waals surface area contributed by atoms with Crippen molar-refractivity contribution in [3.63, 3.8) is 0 Å². The van der Waals surface area contributed by atoms with Gasteiger partial charge in [0.2, 0.25) is 0 Å². The molecular formula is C45H52Zr. The van der Waals surface area contributed by atoms with E-state index >= 15 is 0 Å². The van der Waals surface area contributed by atoms with E-state index in [-0.39, 0.29) is 10.8 Å². The van der Waals surface area contributed by atoms with Crippen molar-refractivity contribution in [2.45, 2.75) is 99.2 Å². The van der Waals surface area contributed by atoms with Crippen molar-refractivity contribution in [1.29, 1.82) is 0 Å². The molecule has 0 N–H and O–H groups in total. The molecule has 2 aliphatic rings. The monoisotopic (exact) mass is 682 g/mol. The fraction of sp³-hybridized carbons (Fsp3) is 0.356. The van der Waals surface area contributed by atoms with Crippen LogP contribution in [0.2, 0.25) is 3.63 Å². The SMILES string of the molecule is Cc1cc2c(cc1C(C)(C)C)-c1cc(C(C)(C)C)c(C)cc1[CH]2[Zr](=[C](CCc1ccccc1)CCc1ccccc1)[CH]1C=CC=C1. The molecule has 0 spiro atoms. The van der Waals surface area contributed by atoms with Gasteiger partial charge in [0.05, 0.1) is 0 Å². The van der Waals surface area contributed by atoms with Gasteiger partial charge in [0.25, 0.3) is 0 Å². The second-order valence-corrected chi connectivity index (χ2v) is 22.8. The van der Waals surface area contributed by atoms with E-state index in [4.69, 9.17) is 0 Å². The minimum absolute atomic E-state index is 0.107.